The van der Waals surface area contributed by atoms with E-state index in [1.165, 1.54) is 14.9 Å². The topological polar surface area (TPSA) is 72.3 Å². The molecule has 0 N–H and O–H groups in total. The highest BCUT2D eigenvalue weighted by Crippen LogP contribution is 2.18. The maximum atomic E-state index is 12.7. The predicted molar refractivity (Wildman–Crippen MR) is 86.7 cm³/mol. The minimum Gasteiger partial charge on any atom is -0.310 e. The molecule has 0 radical (unpaired) electrons. The van der Waals surface area contributed by atoms with Crippen LogP contribution in [0.1, 0.15) is 24.8 Å². The molecule has 7 heteroatoms. The third-order valence-electron chi connectivity index (χ3n) is 3.99. The van der Waals surface area contributed by atoms with Gasteiger partial charge in [0.05, 0.1) is 6.54 Å². The van der Waals surface area contributed by atoms with Crippen LogP contribution in [0.25, 0.3) is 0 Å². The van der Waals surface area contributed by atoms with Crippen molar-refractivity contribution in [2.45, 2.75) is 30.7 Å². The van der Waals surface area contributed by atoms with E-state index >= 15 is 0 Å². The van der Waals surface area contributed by atoms with E-state index in [1.54, 1.807) is 30.7 Å². The van der Waals surface area contributed by atoms with Crippen molar-refractivity contribution in [2.24, 2.45) is 0 Å². The molecule has 2 aromatic rings. The van der Waals surface area contributed by atoms with Crippen molar-refractivity contribution in [2.75, 3.05) is 13.1 Å². The first-order chi connectivity index (χ1) is 11.1. The van der Waals surface area contributed by atoms with Crippen LogP contribution in [0.15, 0.2) is 52.5 Å². The molecule has 1 aliphatic heterocycles. The standard InChI is InChI=1S/C16H19N3O3S/c20-16-15(23(21,22)19-10-2-1-3-11-19)7-5-9-18(16)13-14-6-4-8-17-12-14/h4-9,12H,1-3,10-11,13H2. The number of hydrogen-bond acceptors (Lipinski definition) is 4. The van der Waals surface area contributed by atoms with Crippen LogP contribution in [0, 0.1) is 0 Å². The molecule has 0 unspecified atom stereocenters. The fourth-order valence-corrected chi connectivity index (χ4v) is 4.37. The number of rotatable bonds is 4. The van der Waals surface area contributed by atoms with Gasteiger partial charge in [0.2, 0.25) is 10.0 Å². The second-order valence-electron chi connectivity index (χ2n) is 5.63. The summed E-state index contributed by atoms with van der Waals surface area (Å²) in [5, 5.41) is 0. The third kappa shape index (κ3) is 3.35. The summed E-state index contributed by atoms with van der Waals surface area (Å²) < 4.78 is 28.3. The SMILES string of the molecule is O=c1c(S(=O)(=O)N2CCCCC2)cccn1Cc1cccnc1. The van der Waals surface area contributed by atoms with Crippen LogP contribution in [0.5, 0.6) is 0 Å². The first-order valence-electron chi connectivity index (χ1n) is 7.67. The van der Waals surface area contributed by atoms with E-state index < -0.39 is 15.6 Å². The summed E-state index contributed by atoms with van der Waals surface area (Å²) in [6.45, 7) is 1.27. The summed E-state index contributed by atoms with van der Waals surface area (Å²) in [6, 6.07) is 6.64. The Kier molecular flexibility index (Phi) is 4.58. The van der Waals surface area contributed by atoms with Crippen molar-refractivity contribution < 1.29 is 8.42 Å². The second-order valence-corrected chi connectivity index (χ2v) is 7.54. The molecule has 23 heavy (non-hydrogen) atoms. The number of hydrogen-bond donors (Lipinski definition) is 0. The van der Waals surface area contributed by atoms with E-state index in [2.05, 4.69) is 4.98 Å². The van der Waals surface area contributed by atoms with E-state index in [1.807, 2.05) is 6.07 Å². The van der Waals surface area contributed by atoms with E-state index in [0.29, 0.717) is 19.6 Å². The Bertz CT molecular complexity index is 825. The molecule has 0 saturated carbocycles. The van der Waals surface area contributed by atoms with Gasteiger partial charge in [0, 0.05) is 31.7 Å². The second kappa shape index (κ2) is 6.64. The van der Waals surface area contributed by atoms with Crippen LogP contribution in [0.4, 0.5) is 0 Å². The lowest BCUT2D eigenvalue weighted by Crippen LogP contribution is -2.39. The van der Waals surface area contributed by atoms with Crippen LogP contribution in [0.3, 0.4) is 0 Å². The smallest absolute Gasteiger partial charge is 0.271 e. The van der Waals surface area contributed by atoms with E-state index in [-0.39, 0.29) is 4.90 Å². The highest BCUT2D eigenvalue weighted by atomic mass is 32.2. The van der Waals surface area contributed by atoms with Crippen LogP contribution in [-0.4, -0.2) is 35.4 Å². The zero-order valence-electron chi connectivity index (χ0n) is 12.8. The summed E-state index contributed by atoms with van der Waals surface area (Å²) in [5.41, 5.74) is 0.365. The van der Waals surface area contributed by atoms with Gasteiger partial charge >= 0.3 is 0 Å². The van der Waals surface area contributed by atoms with Gasteiger partial charge in [0.25, 0.3) is 5.56 Å². The molecule has 3 rings (SSSR count). The van der Waals surface area contributed by atoms with Gasteiger partial charge < -0.3 is 4.57 Å². The van der Waals surface area contributed by atoms with Crippen LogP contribution >= 0.6 is 0 Å². The first kappa shape index (κ1) is 15.9. The number of sulfonamides is 1. The average molecular weight is 333 g/mol. The lowest BCUT2D eigenvalue weighted by Gasteiger charge is -2.25. The van der Waals surface area contributed by atoms with E-state index in [4.69, 9.17) is 0 Å². The molecule has 0 aliphatic carbocycles. The van der Waals surface area contributed by atoms with Gasteiger partial charge in [0.1, 0.15) is 4.90 Å². The first-order valence-corrected chi connectivity index (χ1v) is 9.11. The van der Waals surface area contributed by atoms with E-state index in [9.17, 15) is 13.2 Å². The fourth-order valence-electron chi connectivity index (χ4n) is 2.77. The molecule has 2 aromatic heterocycles. The Morgan fingerprint density at radius 1 is 1.09 bits per heavy atom. The Balaban J connectivity index is 1.95. The number of piperidine rings is 1. The molecule has 1 saturated heterocycles. The molecule has 0 amide bonds. The molecule has 0 spiro atoms. The summed E-state index contributed by atoms with van der Waals surface area (Å²) in [6.07, 6.45) is 7.64. The lowest BCUT2D eigenvalue weighted by atomic mass is 10.2. The highest BCUT2D eigenvalue weighted by Gasteiger charge is 2.28. The van der Waals surface area contributed by atoms with Crippen LogP contribution in [0.2, 0.25) is 0 Å². The maximum absolute atomic E-state index is 12.7. The largest absolute Gasteiger partial charge is 0.310 e. The third-order valence-corrected chi connectivity index (χ3v) is 5.91. The quantitative estimate of drug-likeness (QED) is 0.849. The molecule has 6 nitrogen and oxygen atoms in total. The van der Waals surface area contributed by atoms with E-state index in [0.717, 1.165) is 24.8 Å². The van der Waals surface area contributed by atoms with Crippen molar-refractivity contribution in [1.82, 2.24) is 13.9 Å². The van der Waals surface area contributed by atoms with Crippen molar-refractivity contribution in [3.63, 3.8) is 0 Å². The Hall–Kier alpha value is -1.99. The molecule has 0 bridgehead atoms. The Morgan fingerprint density at radius 3 is 2.57 bits per heavy atom. The zero-order valence-corrected chi connectivity index (χ0v) is 13.6. The van der Waals surface area contributed by atoms with Crippen LogP contribution in [-0.2, 0) is 16.6 Å². The summed E-state index contributed by atoms with van der Waals surface area (Å²) >= 11 is 0. The molecule has 0 aromatic carbocycles. The molecule has 0 atom stereocenters. The maximum Gasteiger partial charge on any atom is 0.271 e. The number of pyridine rings is 2. The van der Waals surface area contributed by atoms with Gasteiger partial charge in [0.15, 0.2) is 0 Å². The van der Waals surface area contributed by atoms with Crippen molar-refractivity contribution in [1.29, 1.82) is 0 Å². The Morgan fingerprint density at radius 2 is 1.87 bits per heavy atom. The van der Waals surface area contributed by atoms with Crippen LogP contribution < -0.4 is 5.56 Å². The lowest BCUT2D eigenvalue weighted by molar-refractivity contribution is 0.346. The van der Waals surface area contributed by atoms with Gasteiger partial charge in [-0.25, -0.2) is 8.42 Å². The molecular weight excluding hydrogens is 314 g/mol. The van der Waals surface area contributed by atoms with Crippen molar-refractivity contribution in [3.05, 3.63) is 58.8 Å². The summed E-state index contributed by atoms with van der Waals surface area (Å²) in [7, 11) is -3.72. The van der Waals surface area contributed by atoms with Gasteiger partial charge in [-0.2, -0.15) is 4.31 Å². The normalized spacial score (nSPS) is 16.3. The fraction of sp³-hybridized carbons (Fsp3) is 0.375. The number of nitrogens with zero attached hydrogens (tertiary/aromatic N) is 3. The van der Waals surface area contributed by atoms with Gasteiger partial charge in [-0.1, -0.05) is 12.5 Å². The number of aromatic nitrogens is 2. The van der Waals surface area contributed by atoms with Gasteiger partial charge in [-0.15, -0.1) is 0 Å². The van der Waals surface area contributed by atoms with Crippen molar-refractivity contribution >= 4 is 10.0 Å². The monoisotopic (exact) mass is 333 g/mol. The molecule has 1 fully saturated rings. The summed E-state index contributed by atoms with van der Waals surface area (Å²) in [5.74, 6) is 0. The van der Waals surface area contributed by atoms with Gasteiger partial charge in [-0.05, 0) is 36.6 Å². The molecule has 1 aliphatic rings. The summed E-state index contributed by atoms with van der Waals surface area (Å²) in [4.78, 5) is 16.5. The Labute approximate surface area is 135 Å². The zero-order chi connectivity index (χ0) is 16.3. The highest BCUT2D eigenvalue weighted by molar-refractivity contribution is 7.89. The van der Waals surface area contributed by atoms with Crippen molar-refractivity contribution in [3.8, 4) is 0 Å². The van der Waals surface area contributed by atoms with Gasteiger partial charge in [-0.3, -0.25) is 9.78 Å². The minimum absolute atomic E-state index is 0.147. The molecule has 122 valence electrons. The predicted octanol–water partition coefficient (Wildman–Crippen LogP) is 1.47. The minimum atomic E-state index is -3.72. The average Bonchev–Trinajstić information content (AvgIpc) is 2.58. The molecular formula is C16H19N3O3S. The molecule has 3 heterocycles.